The smallest absolute Gasteiger partial charge is 0.451 e. The van der Waals surface area contributed by atoms with E-state index in [1.165, 1.54) is 19.1 Å². The molecule has 0 radical (unpaired) electrons. The average molecular weight is 245 g/mol. The van der Waals surface area contributed by atoms with Crippen molar-refractivity contribution in [3.8, 4) is 0 Å². The average Bonchev–Trinajstić information content (AvgIpc) is 2.55. The standard InChI is InChI=1S/C9H6F3N3O2/c1-4-2-3-5-6(7(16)17)13-8(9(10,11)12)15(5)14-4/h2-3H,1H3,(H,16,17). The minimum Gasteiger partial charge on any atom is -0.476 e. The summed E-state index contributed by atoms with van der Waals surface area (Å²) in [6, 6.07) is 2.66. The summed E-state index contributed by atoms with van der Waals surface area (Å²) in [7, 11) is 0. The SMILES string of the molecule is Cc1ccc2c(C(=O)O)nc(C(F)(F)F)n2n1. The van der Waals surface area contributed by atoms with Crippen LogP contribution in [0.3, 0.4) is 0 Å². The molecule has 2 aromatic heterocycles. The van der Waals surface area contributed by atoms with Crippen molar-refractivity contribution in [3.63, 3.8) is 0 Å². The van der Waals surface area contributed by atoms with Gasteiger partial charge in [-0.2, -0.15) is 18.3 Å². The number of aromatic nitrogens is 3. The third-order valence-corrected chi connectivity index (χ3v) is 2.09. The molecule has 0 spiro atoms. The fraction of sp³-hybridized carbons (Fsp3) is 0.222. The van der Waals surface area contributed by atoms with Crippen molar-refractivity contribution in [2.75, 3.05) is 0 Å². The molecule has 0 atom stereocenters. The summed E-state index contributed by atoms with van der Waals surface area (Å²) in [4.78, 5) is 13.8. The van der Waals surface area contributed by atoms with Gasteiger partial charge in [-0.25, -0.2) is 14.3 Å². The molecule has 0 aliphatic heterocycles. The second kappa shape index (κ2) is 3.44. The van der Waals surface area contributed by atoms with E-state index in [1.54, 1.807) is 0 Å². The summed E-state index contributed by atoms with van der Waals surface area (Å²) in [6.45, 7) is 1.50. The highest BCUT2D eigenvalue weighted by molar-refractivity contribution is 5.93. The Kier molecular flexibility index (Phi) is 2.30. The van der Waals surface area contributed by atoms with Crippen molar-refractivity contribution in [2.45, 2.75) is 13.1 Å². The fourth-order valence-electron chi connectivity index (χ4n) is 1.41. The molecule has 0 fully saturated rings. The molecule has 0 aliphatic carbocycles. The van der Waals surface area contributed by atoms with E-state index in [0.29, 0.717) is 10.2 Å². The van der Waals surface area contributed by atoms with Crippen LogP contribution >= 0.6 is 0 Å². The number of imidazole rings is 1. The number of carbonyl (C=O) groups is 1. The topological polar surface area (TPSA) is 67.5 Å². The predicted octanol–water partition coefficient (Wildman–Crippen LogP) is 1.75. The first-order valence-electron chi connectivity index (χ1n) is 4.47. The molecule has 0 unspecified atom stereocenters. The Morgan fingerprint density at radius 3 is 2.59 bits per heavy atom. The van der Waals surface area contributed by atoms with Gasteiger partial charge in [-0.1, -0.05) is 0 Å². The quantitative estimate of drug-likeness (QED) is 0.831. The van der Waals surface area contributed by atoms with Gasteiger partial charge < -0.3 is 5.11 Å². The Hall–Kier alpha value is -2.12. The van der Waals surface area contributed by atoms with Gasteiger partial charge in [0.25, 0.3) is 0 Å². The lowest BCUT2D eigenvalue weighted by molar-refractivity contribution is -0.146. The third-order valence-electron chi connectivity index (χ3n) is 2.09. The van der Waals surface area contributed by atoms with Crippen LogP contribution in [-0.4, -0.2) is 25.7 Å². The summed E-state index contributed by atoms with van der Waals surface area (Å²) >= 11 is 0. The molecule has 17 heavy (non-hydrogen) atoms. The van der Waals surface area contributed by atoms with Crippen LogP contribution in [0.2, 0.25) is 0 Å². The minimum absolute atomic E-state index is 0.185. The lowest BCUT2D eigenvalue weighted by Crippen LogP contribution is -2.12. The van der Waals surface area contributed by atoms with Crippen molar-refractivity contribution >= 4 is 11.5 Å². The number of hydrogen-bond donors (Lipinski definition) is 1. The molecular weight excluding hydrogens is 239 g/mol. The van der Waals surface area contributed by atoms with Crippen LogP contribution in [0.1, 0.15) is 22.0 Å². The summed E-state index contributed by atoms with van der Waals surface area (Å²) in [6.07, 6.45) is -4.75. The van der Waals surface area contributed by atoms with Crippen LogP contribution in [0.4, 0.5) is 13.2 Å². The van der Waals surface area contributed by atoms with Crippen molar-refractivity contribution in [1.82, 2.24) is 14.6 Å². The fourth-order valence-corrected chi connectivity index (χ4v) is 1.41. The number of nitrogens with zero attached hydrogens (tertiary/aromatic N) is 3. The van der Waals surface area contributed by atoms with Gasteiger partial charge in [-0.05, 0) is 19.1 Å². The van der Waals surface area contributed by atoms with Crippen LogP contribution in [0.5, 0.6) is 0 Å². The number of aryl methyl sites for hydroxylation is 1. The normalized spacial score (nSPS) is 12.0. The Morgan fingerprint density at radius 1 is 1.41 bits per heavy atom. The second-order valence-electron chi connectivity index (χ2n) is 3.36. The zero-order valence-corrected chi connectivity index (χ0v) is 8.49. The van der Waals surface area contributed by atoms with Gasteiger partial charge in [-0.15, -0.1) is 0 Å². The van der Waals surface area contributed by atoms with E-state index < -0.39 is 23.7 Å². The highest BCUT2D eigenvalue weighted by atomic mass is 19.4. The van der Waals surface area contributed by atoms with Crippen LogP contribution in [-0.2, 0) is 6.18 Å². The van der Waals surface area contributed by atoms with Crippen LogP contribution in [0.25, 0.3) is 5.52 Å². The zero-order chi connectivity index (χ0) is 12.8. The lowest BCUT2D eigenvalue weighted by Gasteiger charge is -2.03. The first-order valence-corrected chi connectivity index (χ1v) is 4.47. The number of carboxylic acids is 1. The summed E-state index contributed by atoms with van der Waals surface area (Å²) in [5.41, 5.74) is -0.516. The van der Waals surface area contributed by atoms with Gasteiger partial charge in [0.05, 0.1) is 5.69 Å². The van der Waals surface area contributed by atoms with E-state index in [1.807, 2.05) is 0 Å². The predicted molar refractivity (Wildman–Crippen MR) is 49.7 cm³/mol. The largest absolute Gasteiger partial charge is 0.476 e. The first kappa shape index (κ1) is 11.4. The molecule has 0 amide bonds. The third kappa shape index (κ3) is 1.81. The van der Waals surface area contributed by atoms with Gasteiger partial charge in [0.15, 0.2) is 5.69 Å². The summed E-state index contributed by atoms with van der Waals surface area (Å²) in [5, 5.41) is 12.4. The maximum absolute atomic E-state index is 12.6. The summed E-state index contributed by atoms with van der Waals surface area (Å²) < 4.78 is 38.3. The Labute approximate surface area is 92.5 Å². The molecule has 5 nitrogen and oxygen atoms in total. The molecule has 0 aromatic carbocycles. The molecule has 8 heteroatoms. The maximum atomic E-state index is 12.6. The molecule has 0 bridgehead atoms. The van der Waals surface area contributed by atoms with Gasteiger partial charge >= 0.3 is 12.1 Å². The second-order valence-corrected chi connectivity index (χ2v) is 3.36. The van der Waals surface area contributed by atoms with E-state index in [4.69, 9.17) is 5.11 Å². The Bertz CT molecular complexity index is 603. The van der Waals surface area contributed by atoms with E-state index in [0.717, 1.165) is 0 Å². The number of rotatable bonds is 1. The number of hydrogen-bond acceptors (Lipinski definition) is 3. The highest BCUT2D eigenvalue weighted by Crippen LogP contribution is 2.29. The Balaban J connectivity index is 2.85. The number of carboxylic acid groups (broad SMARTS) is 1. The van der Waals surface area contributed by atoms with Gasteiger partial charge in [-0.3, -0.25) is 0 Å². The van der Waals surface area contributed by atoms with Crippen LogP contribution < -0.4 is 0 Å². The Morgan fingerprint density at radius 2 is 2.06 bits per heavy atom. The van der Waals surface area contributed by atoms with Gasteiger partial charge in [0, 0.05) is 0 Å². The van der Waals surface area contributed by atoms with Crippen molar-refractivity contribution in [2.24, 2.45) is 0 Å². The lowest BCUT2D eigenvalue weighted by atomic mass is 10.3. The van der Waals surface area contributed by atoms with E-state index in [-0.39, 0.29) is 5.52 Å². The number of halogens is 3. The number of aromatic carboxylic acids is 1. The van der Waals surface area contributed by atoms with E-state index in [9.17, 15) is 18.0 Å². The van der Waals surface area contributed by atoms with E-state index in [2.05, 4.69) is 10.1 Å². The highest BCUT2D eigenvalue weighted by Gasteiger charge is 2.38. The van der Waals surface area contributed by atoms with Gasteiger partial charge in [0.2, 0.25) is 5.82 Å². The summed E-state index contributed by atoms with van der Waals surface area (Å²) in [5.74, 6) is -2.86. The van der Waals surface area contributed by atoms with Gasteiger partial charge in [0.1, 0.15) is 5.52 Å². The number of alkyl halides is 3. The molecule has 0 saturated heterocycles. The number of fused-ring (bicyclic) bond motifs is 1. The molecule has 2 aromatic rings. The van der Waals surface area contributed by atoms with E-state index >= 15 is 0 Å². The first-order chi connectivity index (χ1) is 7.80. The molecule has 1 N–H and O–H groups in total. The zero-order valence-electron chi connectivity index (χ0n) is 8.49. The maximum Gasteiger partial charge on any atom is 0.451 e. The van der Waals surface area contributed by atoms with Crippen molar-refractivity contribution < 1.29 is 23.1 Å². The minimum atomic E-state index is -4.75. The van der Waals surface area contributed by atoms with Crippen molar-refractivity contribution in [1.29, 1.82) is 0 Å². The molecule has 2 rings (SSSR count). The molecule has 0 saturated carbocycles. The van der Waals surface area contributed by atoms with Crippen molar-refractivity contribution in [3.05, 3.63) is 29.3 Å². The van der Waals surface area contributed by atoms with Crippen LogP contribution in [0, 0.1) is 6.92 Å². The monoisotopic (exact) mass is 245 g/mol. The van der Waals surface area contributed by atoms with Crippen LogP contribution in [0.15, 0.2) is 12.1 Å². The molecule has 90 valence electrons. The molecule has 2 heterocycles. The molecule has 0 aliphatic rings. The molecular formula is C9H6F3N3O2.